The van der Waals surface area contributed by atoms with E-state index in [1.807, 2.05) is 42.5 Å². The van der Waals surface area contributed by atoms with Crippen molar-refractivity contribution in [3.63, 3.8) is 0 Å². The molecule has 0 aromatic heterocycles. The summed E-state index contributed by atoms with van der Waals surface area (Å²) in [6, 6.07) is 13.3. The van der Waals surface area contributed by atoms with E-state index in [0.717, 1.165) is 27.1 Å². The number of carbonyl (C=O) groups is 1. The molecular weight excluding hydrogens is 360 g/mol. The molecule has 1 aliphatic rings. The summed E-state index contributed by atoms with van der Waals surface area (Å²) < 4.78 is 12.0. The van der Waals surface area contributed by atoms with Crippen molar-refractivity contribution in [2.75, 3.05) is 13.2 Å². The number of fused-ring (bicyclic) bond motifs is 1. The second-order valence-corrected chi connectivity index (χ2v) is 6.06. The largest absolute Gasteiger partial charge is 0.486 e. The minimum Gasteiger partial charge on any atom is -0.486 e. The van der Waals surface area contributed by atoms with Crippen LogP contribution in [0.15, 0.2) is 46.9 Å². The zero-order chi connectivity index (χ0) is 16.1. The Labute approximate surface area is 143 Å². The fourth-order valence-electron chi connectivity index (χ4n) is 2.27. The Morgan fingerprint density at radius 1 is 0.957 bits per heavy atom. The van der Waals surface area contributed by atoms with Gasteiger partial charge in [0.1, 0.15) is 13.2 Å². The minimum absolute atomic E-state index is 0.208. The van der Waals surface area contributed by atoms with Crippen molar-refractivity contribution >= 4 is 22.0 Å². The van der Waals surface area contributed by atoms with Gasteiger partial charge >= 0.3 is 6.03 Å². The molecule has 23 heavy (non-hydrogen) atoms. The molecule has 2 aromatic rings. The Morgan fingerprint density at radius 3 is 2.39 bits per heavy atom. The van der Waals surface area contributed by atoms with E-state index in [0.29, 0.717) is 26.3 Å². The van der Waals surface area contributed by atoms with Crippen molar-refractivity contribution in [2.24, 2.45) is 0 Å². The molecule has 2 N–H and O–H groups in total. The van der Waals surface area contributed by atoms with Gasteiger partial charge in [0.25, 0.3) is 0 Å². The Hall–Kier alpha value is -2.21. The highest BCUT2D eigenvalue weighted by Crippen LogP contribution is 2.30. The summed E-state index contributed by atoms with van der Waals surface area (Å²) in [5, 5.41) is 5.66. The van der Waals surface area contributed by atoms with Crippen molar-refractivity contribution in [2.45, 2.75) is 13.1 Å². The maximum absolute atomic E-state index is 11.9. The first kappa shape index (κ1) is 15.7. The average Bonchev–Trinajstić information content (AvgIpc) is 2.58. The lowest BCUT2D eigenvalue weighted by atomic mass is 10.2. The predicted octanol–water partition coefficient (Wildman–Crippen LogP) is 3.22. The van der Waals surface area contributed by atoms with Gasteiger partial charge in [-0.1, -0.05) is 34.1 Å². The summed E-state index contributed by atoms with van der Waals surface area (Å²) in [6.45, 7) is 2.03. The fourth-order valence-corrected chi connectivity index (χ4v) is 2.72. The molecule has 2 amide bonds. The van der Waals surface area contributed by atoms with Gasteiger partial charge in [0, 0.05) is 17.6 Å². The van der Waals surface area contributed by atoms with Crippen molar-refractivity contribution < 1.29 is 14.3 Å². The van der Waals surface area contributed by atoms with Crippen LogP contribution in [0.5, 0.6) is 11.5 Å². The van der Waals surface area contributed by atoms with Gasteiger partial charge in [-0.15, -0.1) is 0 Å². The van der Waals surface area contributed by atoms with Crippen LogP contribution in [0.3, 0.4) is 0 Å². The highest BCUT2D eigenvalue weighted by molar-refractivity contribution is 9.10. The van der Waals surface area contributed by atoms with E-state index in [1.54, 1.807) is 0 Å². The van der Waals surface area contributed by atoms with E-state index in [2.05, 4.69) is 26.6 Å². The molecule has 1 heterocycles. The predicted molar refractivity (Wildman–Crippen MR) is 90.6 cm³/mol. The molecule has 0 saturated carbocycles. The number of benzene rings is 2. The summed E-state index contributed by atoms with van der Waals surface area (Å²) in [5.74, 6) is 1.48. The Bertz CT molecular complexity index is 706. The van der Waals surface area contributed by atoms with E-state index in [1.165, 1.54) is 0 Å². The van der Waals surface area contributed by atoms with Gasteiger partial charge in [0.2, 0.25) is 0 Å². The number of carbonyl (C=O) groups excluding carboxylic acids is 1. The molecule has 1 aliphatic heterocycles. The van der Waals surface area contributed by atoms with Gasteiger partial charge in [0.05, 0.1) is 0 Å². The summed E-state index contributed by atoms with van der Waals surface area (Å²) >= 11 is 3.41. The quantitative estimate of drug-likeness (QED) is 0.860. The molecule has 3 rings (SSSR count). The number of rotatable bonds is 4. The summed E-state index contributed by atoms with van der Waals surface area (Å²) in [4.78, 5) is 11.9. The minimum atomic E-state index is -0.208. The van der Waals surface area contributed by atoms with E-state index < -0.39 is 0 Å². The smallest absolute Gasteiger partial charge is 0.315 e. The molecule has 0 unspecified atom stereocenters. The number of urea groups is 1. The number of nitrogens with one attached hydrogen (secondary N) is 2. The van der Waals surface area contributed by atoms with Crippen molar-refractivity contribution in [3.05, 3.63) is 58.1 Å². The molecule has 120 valence electrons. The molecule has 5 nitrogen and oxygen atoms in total. The maximum Gasteiger partial charge on any atom is 0.315 e. The summed E-state index contributed by atoms with van der Waals surface area (Å²) in [6.07, 6.45) is 0. The van der Waals surface area contributed by atoms with E-state index in [-0.39, 0.29) is 6.03 Å². The fraction of sp³-hybridized carbons (Fsp3) is 0.235. The van der Waals surface area contributed by atoms with Gasteiger partial charge in [0.15, 0.2) is 11.5 Å². The number of hydrogen-bond donors (Lipinski definition) is 2. The van der Waals surface area contributed by atoms with E-state index in [4.69, 9.17) is 9.47 Å². The molecule has 0 bridgehead atoms. The molecule has 0 fully saturated rings. The van der Waals surface area contributed by atoms with Crippen LogP contribution in [-0.2, 0) is 13.1 Å². The van der Waals surface area contributed by atoms with Gasteiger partial charge in [-0.25, -0.2) is 4.79 Å². The highest BCUT2D eigenvalue weighted by Gasteiger charge is 2.11. The Kier molecular flexibility index (Phi) is 5.02. The summed E-state index contributed by atoms with van der Waals surface area (Å²) in [7, 11) is 0. The topological polar surface area (TPSA) is 59.6 Å². The molecule has 6 heteroatoms. The average molecular weight is 377 g/mol. The molecule has 0 radical (unpaired) electrons. The Balaban J connectivity index is 1.49. The normalized spacial score (nSPS) is 12.6. The van der Waals surface area contributed by atoms with Crippen LogP contribution >= 0.6 is 15.9 Å². The molecule has 0 spiro atoms. The van der Waals surface area contributed by atoms with Crippen molar-refractivity contribution in [1.29, 1.82) is 0 Å². The van der Waals surface area contributed by atoms with Crippen molar-refractivity contribution in [1.82, 2.24) is 10.6 Å². The van der Waals surface area contributed by atoms with Gasteiger partial charge in [-0.3, -0.25) is 0 Å². The van der Waals surface area contributed by atoms with E-state index >= 15 is 0 Å². The third-order valence-corrected chi connectivity index (χ3v) is 3.90. The SMILES string of the molecule is O=C(NCc1cccc(Br)c1)NCc1ccc2c(c1)OCCO2. The third-order valence-electron chi connectivity index (χ3n) is 3.40. The standard InChI is InChI=1S/C17H17BrN2O3/c18-14-3-1-2-12(8-14)10-19-17(21)20-11-13-4-5-15-16(9-13)23-7-6-22-15/h1-5,8-9H,6-7,10-11H2,(H2,19,20,21). The number of amides is 2. The zero-order valence-corrected chi connectivity index (χ0v) is 14.1. The lowest BCUT2D eigenvalue weighted by Crippen LogP contribution is -2.34. The molecule has 0 atom stereocenters. The van der Waals surface area contributed by atoms with Crippen LogP contribution in [0.25, 0.3) is 0 Å². The lowest BCUT2D eigenvalue weighted by Gasteiger charge is -2.19. The van der Waals surface area contributed by atoms with Crippen LogP contribution in [-0.4, -0.2) is 19.2 Å². The van der Waals surface area contributed by atoms with Gasteiger partial charge in [-0.05, 0) is 35.4 Å². The van der Waals surface area contributed by atoms with Crippen LogP contribution in [0.1, 0.15) is 11.1 Å². The third kappa shape index (κ3) is 4.39. The second kappa shape index (κ2) is 7.37. The molecule has 0 aliphatic carbocycles. The first-order valence-electron chi connectivity index (χ1n) is 7.35. The molecule has 2 aromatic carbocycles. The van der Waals surface area contributed by atoms with E-state index in [9.17, 15) is 4.79 Å². The van der Waals surface area contributed by atoms with Crippen LogP contribution in [0.2, 0.25) is 0 Å². The lowest BCUT2D eigenvalue weighted by molar-refractivity contribution is 0.171. The van der Waals surface area contributed by atoms with Crippen LogP contribution in [0, 0.1) is 0 Å². The van der Waals surface area contributed by atoms with Crippen LogP contribution < -0.4 is 20.1 Å². The van der Waals surface area contributed by atoms with Crippen LogP contribution in [0.4, 0.5) is 4.79 Å². The van der Waals surface area contributed by atoms with Gasteiger partial charge < -0.3 is 20.1 Å². The maximum atomic E-state index is 11.9. The second-order valence-electron chi connectivity index (χ2n) is 5.14. The first-order chi connectivity index (χ1) is 11.2. The number of ether oxygens (including phenoxy) is 2. The van der Waals surface area contributed by atoms with Gasteiger partial charge in [-0.2, -0.15) is 0 Å². The monoisotopic (exact) mass is 376 g/mol. The highest BCUT2D eigenvalue weighted by atomic mass is 79.9. The van der Waals surface area contributed by atoms with Crippen molar-refractivity contribution in [3.8, 4) is 11.5 Å². The first-order valence-corrected chi connectivity index (χ1v) is 8.15. The summed E-state index contributed by atoms with van der Waals surface area (Å²) in [5.41, 5.74) is 2.00. The number of halogens is 1. The molecular formula is C17H17BrN2O3. The molecule has 0 saturated heterocycles. The Morgan fingerprint density at radius 2 is 1.65 bits per heavy atom. The number of hydrogen-bond acceptors (Lipinski definition) is 3. The zero-order valence-electron chi connectivity index (χ0n) is 12.5.